The molecule has 0 amide bonds. The van der Waals surface area contributed by atoms with E-state index in [1.165, 1.54) is 18.2 Å². The van der Waals surface area contributed by atoms with Crippen LogP contribution in [-0.2, 0) is 6.42 Å². The van der Waals surface area contributed by atoms with Crippen molar-refractivity contribution in [2.24, 2.45) is 0 Å². The molecule has 0 saturated heterocycles. The van der Waals surface area contributed by atoms with Crippen molar-refractivity contribution in [1.82, 2.24) is 9.78 Å². The Bertz CT molecular complexity index is 768. The quantitative estimate of drug-likeness (QED) is 0.800. The van der Waals surface area contributed by atoms with Crippen LogP contribution in [0, 0.1) is 11.6 Å². The smallest absolute Gasteiger partial charge is 0.271 e. The molecular formula is C14H10F2N2O2. The van der Waals surface area contributed by atoms with Gasteiger partial charge in [-0.25, -0.2) is 8.78 Å². The number of benzene rings is 1. The first-order valence-electron chi connectivity index (χ1n) is 6.19. The van der Waals surface area contributed by atoms with Crippen LogP contribution in [0.2, 0.25) is 0 Å². The van der Waals surface area contributed by atoms with Crippen molar-refractivity contribution in [2.75, 3.05) is 0 Å². The summed E-state index contributed by atoms with van der Waals surface area (Å²) in [5.41, 5.74) is -0.141. The minimum Gasteiger partial charge on any atom is -0.292 e. The van der Waals surface area contributed by atoms with Crippen LogP contribution in [0.1, 0.15) is 28.9 Å². The van der Waals surface area contributed by atoms with Gasteiger partial charge >= 0.3 is 0 Å². The van der Waals surface area contributed by atoms with Crippen LogP contribution in [0.25, 0.3) is 5.69 Å². The number of hydrogen-bond acceptors (Lipinski definition) is 3. The van der Waals surface area contributed by atoms with Crippen LogP contribution in [0.15, 0.2) is 29.1 Å². The van der Waals surface area contributed by atoms with Gasteiger partial charge in [-0.1, -0.05) is 6.07 Å². The van der Waals surface area contributed by atoms with Crippen LogP contribution in [0.3, 0.4) is 0 Å². The van der Waals surface area contributed by atoms with E-state index < -0.39 is 17.2 Å². The Morgan fingerprint density at radius 1 is 1.15 bits per heavy atom. The van der Waals surface area contributed by atoms with E-state index in [1.54, 1.807) is 0 Å². The molecule has 1 aliphatic carbocycles. The molecule has 1 aliphatic rings. The fourth-order valence-corrected chi connectivity index (χ4v) is 2.30. The van der Waals surface area contributed by atoms with Gasteiger partial charge in [0, 0.05) is 12.5 Å². The summed E-state index contributed by atoms with van der Waals surface area (Å²) in [5, 5.41) is 3.91. The highest BCUT2D eigenvalue weighted by atomic mass is 19.2. The van der Waals surface area contributed by atoms with Crippen molar-refractivity contribution >= 4 is 5.78 Å². The molecule has 20 heavy (non-hydrogen) atoms. The normalized spacial score (nSPS) is 14.2. The van der Waals surface area contributed by atoms with Gasteiger partial charge in [0.15, 0.2) is 17.4 Å². The standard InChI is InChI=1S/C14H10F2N2O2/c15-9-4-2-5-10(13(9)16)18-12(20)7-8-3-1-6-11(19)14(8)17-18/h2,4-5,7H,1,3,6H2. The average molecular weight is 276 g/mol. The van der Waals surface area contributed by atoms with Crippen LogP contribution in [-0.4, -0.2) is 15.6 Å². The highest BCUT2D eigenvalue weighted by Crippen LogP contribution is 2.19. The Morgan fingerprint density at radius 2 is 1.95 bits per heavy atom. The monoisotopic (exact) mass is 276 g/mol. The van der Waals surface area contributed by atoms with E-state index in [0.29, 0.717) is 24.8 Å². The summed E-state index contributed by atoms with van der Waals surface area (Å²) < 4.78 is 27.7. The van der Waals surface area contributed by atoms with Gasteiger partial charge in [0.25, 0.3) is 5.56 Å². The number of carbonyl (C=O) groups excluding carboxylic acids is 1. The number of ketones is 1. The number of rotatable bonds is 1. The SMILES string of the molecule is O=C1CCCc2cc(=O)n(-c3cccc(F)c3F)nc21. The maximum Gasteiger partial charge on any atom is 0.271 e. The maximum atomic E-state index is 13.7. The van der Waals surface area contributed by atoms with E-state index >= 15 is 0 Å². The largest absolute Gasteiger partial charge is 0.292 e. The molecule has 0 saturated carbocycles. The lowest BCUT2D eigenvalue weighted by atomic mass is 9.96. The zero-order valence-corrected chi connectivity index (χ0v) is 10.4. The third-order valence-electron chi connectivity index (χ3n) is 3.28. The summed E-state index contributed by atoms with van der Waals surface area (Å²) in [4.78, 5) is 23.7. The second-order valence-electron chi connectivity index (χ2n) is 4.62. The summed E-state index contributed by atoms with van der Waals surface area (Å²) in [7, 11) is 0. The Morgan fingerprint density at radius 3 is 2.75 bits per heavy atom. The van der Waals surface area contributed by atoms with Gasteiger partial charge in [0.1, 0.15) is 11.4 Å². The number of halogens is 2. The van der Waals surface area contributed by atoms with Crippen LogP contribution >= 0.6 is 0 Å². The third-order valence-corrected chi connectivity index (χ3v) is 3.28. The van der Waals surface area contributed by atoms with Gasteiger partial charge in [0.05, 0.1) is 0 Å². The van der Waals surface area contributed by atoms with Gasteiger partial charge in [-0.15, -0.1) is 0 Å². The number of hydrogen-bond donors (Lipinski definition) is 0. The van der Waals surface area contributed by atoms with Gasteiger partial charge in [-0.3, -0.25) is 9.59 Å². The van der Waals surface area contributed by atoms with Crippen molar-refractivity contribution in [1.29, 1.82) is 0 Å². The van der Waals surface area contributed by atoms with Gasteiger partial charge in [0.2, 0.25) is 0 Å². The molecular weight excluding hydrogens is 266 g/mol. The number of carbonyl (C=O) groups is 1. The van der Waals surface area contributed by atoms with E-state index in [0.717, 1.165) is 10.7 Å². The molecule has 1 aromatic heterocycles. The Balaban J connectivity index is 2.25. The molecule has 102 valence electrons. The predicted octanol–water partition coefficient (Wildman–Crippen LogP) is 2.03. The second-order valence-corrected chi connectivity index (χ2v) is 4.62. The number of fused-ring (bicyclic) bond motifs is 1. The van der Waals surface area contributed by atoms with Crippen LogP contribution < -0.4 is 5.56 Å². The van der Waals surface area contributed by atoms with Crippen molar-refractivity contribution in [3.63, 3.8) is 0 Å². The first-order valence-corrected chi connectivity index (χ1v) is 6.19. The minimum atomic E-state index is -1.16. The van der Waals surface area contributed by atoms with E-state index in [9.17, 15) is 18.4 Å². The van der Waals surface area contributed by atoms with Crippen molar-refractivity contribution in [3.8, 4) is 5.69 Å². The van der Waals surface area contributed by atoms with Gasteiger partial charge in [-0.2, -0.15) is 9.78 Å². The lowest BCUT2D eigenvalue weighted by molar-refractivity contribution is 0.0965. The molecule has 1 heterocycles. The number of Topliss-reactive ketones (excluding diaryl/α,β-unsaturated/α-hetero) is 1. The zero-order valence-electron chi connectivity index (χ0n) is 10.4. The maximum absolute atomic E-state index is 13.7. The first-order chi connectivity index (χ1) is 9.58. The zero-order chi connectivity index (χ0) is 14.3. The molecule has 0 N–H and O–H groups in total. The summed E-state index contributed by atoms with van der Waals surface area (Å²) in [5.74, 6) is -2.41. The molecule has 4 nitrogen and oxygen atoms in total. The van der Waals surface area contributed by atoms with E-state index in [2.05, 4.69) is 5.10 Å². The molecule has 3 rings (SSSR count). The summed E-state index contributed by atoms with van der Waals surface area (Å²) in [6.45, 7) is 0. The van der Waals surface area contributed by atoms with E-state index in [4.69, 9.17) is 0 Å². The Labute approximate surface area is 112 Å². The highest BCUT2D eigenvalue weighted by Gasteiger charge is 2.22. The molecule has 0 atom stereocenters. The fraction of sp³-hybridized carbons (Fsp3) is 0.214. The Kier molecular flexibility index (Phi) is 2.93. The molecule has 0 spiro atoms. The van der Waals surface area contributed by atoms with Crippen molar-refractivity contribution < 1.29 is 13.6 Å². The van der Waals surface area contributed by atoms with E-state index in [1.807, 2.05) is 0 Å². The molecule has 0 bridgehead atoms. The molecule has 0 radical (unpaired) electrons. The molecule has 2 aromatic rings. The first kappa shape index (κ1) is 12.7. The third kappa shape index (κ3) is 1.93. The molecule has 0 fully saturated rings. The highest BCUT2D eigenvalue weighted by molar-refractivity contribution is 5.96. The topological polar surface area (TPSA) is 52.0 Å². The van der Waals surface area contributed by atoms with Crippen LogP contribution in [0.5, 0.6) is 0 Å². The Hall–Kier alpha value is -2.37. The minimum absolute atomic E-state index is 0.166. The summed E-state index contributed by atoms with van der Waals surface area (Å²) in [6.07, 6.45) is 1.62. The van der Waals surface area contributed by atoms with Gasteiger partial charge in [-0.05, 0) is 30.5 Å². The fourth-order valence-electron chi connectivity index (χ4n) is 2.30. The number of aryl methyl sites for hydroxylation is 1. The van der Waals surface area contributed by atoms with Crippen molar-refractivity contribution in [2.45, 2.75) is 19.3 Å². The van der Waals surface area contributed by atoms with Gasteiger partial charge < -0.3 is 0 Å². The molecule has 1 aromatic carbocycles. The molecule has 0 aliphatic heterocycles. The predicted molar refractivity (Wildman–Crippen MR) is 67.0 cm³/mol. The van der Waals surface area contributed by atoms with E-state index in [-0.39, 0.29) is 17.2 Å². The number of nitrogens with zero attached hydrogens (tertiary/aromatic N) is 2. The summed E-state index contributed by atoms with van der Waals surface area (Å²) >= 11 is 0. The molecule has 0 unspecified atom stereocenters. The lowest BCUT2D eigenvalue weighted by Crippen LogP contribution is -2.27. The average Bonchev–Trinajstić information content (AvgIpc) is 2.42. The van der Waals surface area contributed by atoms with Crippen molar-refractivity contribution in [3.05, 3.63) is 57.5 Å². The second kappa shape index (κ2) is 4.63. The lowest BCUT2D eigenvalue weighted by Gasteiger charge is -2.15. The summed E-state index contributed by atoms with van der Waals surface area (Å²) in [6, 6.07) is 4.74. The number of aromatic nitrogens is 2. The van der Waals surface area contributed by atoms with Crippen LogP contribution in [0.4, 0.5) is 8.78 Å². The molecule has 6 heteroatoms.